The second-order valence-electron chi connectivity index (χ2n) is 9.59. The highest BCUT2D eigenvalue weighted by molar-refractivity contribution is 5.78. The number of carbonyl (C=O) groups is 1. The largest absolute Gasteiger partial charge is 0.459 e. The van der Waals surface area contributed by atoms with Gasteiger partial charge in [-0.05, 0) is 45.0 Å². The van der Waals surface area contributed by atoms with Crippen molar-refractivity contribution < 1.29 is 9.53 Å². The van der Waals surface area contributed by atoms with Crippen molar-refractivity contribution in [1.82, 2.24) is 34.4 Å². The molecule has 11 heteroatoms. The fourth-order valence-electron chi connectivity index (χ4n) is 4.50. The highest BCUT2D eigenvalue weighted by atomic mass is 16.5. The SMILES string of the molecule is CCC(CC)Oc1nc(N)c2ncc(Cc3cnc(N4CCN(C(=O)CN(C)C)CC4)c(C)c3)n2n1. The first kappa shape index (κ1) is 25.6. The lowest BCUT2D eigenvalue weighted by Gasteiger charge is -2.36. The number of pyridine rings is 1. The number of nitrogen functional groups attached to an aromatic ring is 1. The molecule has 1 saturated heterocycles. The first-order valence-corrected chi connectivity index (χ1v) is 12.6. The van der Waals surface area contributed by atoms with Crippen molar-refractivity contribution in [2.24, 2.45) is 0 Å². The maximum atomic E-state index is 12.4. The standard InChI is InChI=1S/C25H37N9O2/c1-6-20(7-2)36-25-29-22(26)24-28-15-19(34(24)30-25)13-18-12-17(3)23(27-14-18)33-10-8-32(9-11-33)21(35)16-31(4)5/h12,14-15,20H,6-11,13,16H2,1-5H3,(H2,26,29,30). The molecule has 0 bridgehead atoms. The van der Waals surface area contributed by atoms with Gasteiger partial charge in [-0.15, -0.1) is 5.10 Å². The Morgan fingerprint density at radius 3 is 2.50 bits per heavy atom. The van der Waals surface area contributed by atoms with Crippen LogP contribution in [0.3, 0.4) is 0 Å². The molecule has 1 amide bonds. The Labute approximate surface area is 212 Å². The van der Waals surface area contributed by atoms with Crippen LogP contribution in [0, 0.1) is 6.92 Å². The van der Waals surface area contributed by atoms with Crippen molar-refractivity contribution in [1.29, 1.82) is 0 Å². The van der Waals surface area contributed by atoms with Gasteiger partial charge in [0, 0.05) is 38.8 Å². The highest BCUT2D eigenvalue weighted by Gasteiger charge is 2.23. The summed E-state index contributed by atoms with van der Waals surface area (Å²) in [5.74, 6) is 1.43. The third kappa shape index (κ3) is 5.67. The summed E-state index contributed by atoms with van der Waals surface area (Å²) < 4.78 is 7.64. The molecule has 0 spiro atoms. The zero-order valence-corrected chi connectivity index (χ0v) is 21.9. The normalized spacial score (nSPS) is 14.3. The maximum Gasteiger partial charge on any atom is 0.336 e. The predicted molar refractivity (Wildman–Crippen MR) is 139 cm³/mol. The lowest BCUT2D eigenvalue weighted by molar-refractivity contribution is -0.132. The number of fused-ring (bicyclic) bond motifs is 1. The molecular formula is C25H37N9O2. The molecule has 0 radical (unpaired) electrons. The van der Waals surface area contributed by atoms with E-state index >= 15 is 0 Å². The number of nitrogens with zero attached hydrogens (tertiary/aromatic N) is 8. The van der Waals surface area contributed by atoms with Gasteiger partial charge in [0.15, 0.2) is 11.5 Å². The molecule has 2 N–H and O–H groups in total. The molecule has 4 rings (SSSR count). The van der Waals surface area contributed by atoms with Crippen LogP contribution in [0.2, 0.25) is 0 Å². The zero-order chi connectivity index (χ0) is 25.8. The molecule has 1 aliphatic rings. The molecular weight excluding hydrogens is 458 g/mol. The Morgan fingerprint density at radius 1 is 1.14 bits per heavy atom. The van der Waals surface area contributed by atoms with Crippen molar-refractivity contribution >= 4 is 23.2 Å². The van der Waals surface area contributed by atoms with E-state index in [9.17, 15) is 4.79 Å². The maximum absolute atomic E-state index is 12.4. The van der Waals surface area contributed by atoms with Crippen molar-refractivity contribution in [3.05, 3.63) is 35.3 Å². The van der Waals surface area contributed by atoms with Gasteiger partial charge in [-0.2, -0.15) is 4.98 Å². The fraction of sp³-hybridized carbons (Fsp3) is 0.560. The molecule has 0 saturated carbocycles. The van der Waals surface area contributed by atoms with E-state index in [2.05, 4.69) is 46.8 Å². The number of nitrogens with two attached hydrogens (primary N) is 1. The average Bonchev–Trinajstić information content (AvgIpc) is 3.25. The minimum Gasteiger partial charge on any atom is -0.459 e. The van der Waals surface area contributed by atoms with E-state index in [1.54, 1.807) is 10.7 Å². The Bertz CT molecular complexity index is 1200. The summed E-state index contributed by atoms with van der Waals surface area (Å²) in [6.45, 7) is 9.62. The summed E-state index contributed by atoms with van der Waals surface area (Å²) in [5.41, 5.74) is 9.70. The van der Waals surface area contributed by atoms with Gasteiger partial charge in [0.25, 0.3) is 0 Å². The van der Waals surface area contributed by atoms with Crippen LogP contribution in [0.5, 0.6) is 6.01 Å². The number of anilines is 2. The number of amides is 1. The topological polar surface area (TPSA) is 118 Å². The lowest BCUT2D eigenvalue weighted by atomic mass is 10.1. The number of carbonyl (C=O) groups excluding carboxylic acids is 1. The van der Waals surface area contributed by atoms with Crippen molar-refractivity contribution in [3.8, 4) is 6.01 Å². The molecule has 0 aromatic carbocycles. The summed E-state index contributed by atoms with van der Waals surface area (Å²) in [5, 5.41) is 4.56. The second-order valence-corrected chi connectivity index (χ2v) is 9.59. The van der Waals surface area contributed by atoms with E-state index in [1.165, 1.54) is 0 Å². The van der Waals surface area contributed by atoms with Gasteiger partial charge >= 0.3 is 6.01 Å². The Hall–Kier alpha value is -3.47. The molecule has 0 unspecified atom stereocenters. The molecule has 3 aromatic heterocycles. The molecule has 0 atom stereocenters. The van der Waals surface area contributed by atoms with Crippen molar-refractivity contribution in [2.45, 2.75) is 46.1 Å². The summed E-state index contributed by atoms with van der Waals surface area (Å²) in [6.07, 6.45) is 6.05. The Kier molecular flexibility index (Phi) is 7.88. The predicted octanol–water partition coefficient (Wildman–Crippen LogP) is 1.78. The van der Waals surface area contributed by atoms with Gasteiger partial charge in [0.2, 0.25) is 5.91 Å². The van der Waals surface area contributed by atoms with Gasteiger partial charge in [0.05, 0.1) is 18.4 Å². The third-order valence-corrected chi connectivity index (χ3v) is 6.50. The number of aryl methyl sites for hydroxylation is 1. The quantitative estimate of drug-likeness (QED) is 0.474. The minimum atomic E-state index is 0.0428. The molecule has 0 aliphatic carbocycles. The van der Waals surface area contributed by atoms with Gasteiger partial charge in [-0.25, -0.2) is 14.5 Å². The van der Waals surface area contributed by atoms with E-state index in [-0.39, 0.29) is 18.0 Å². The summed E-state index contributed by atoms with van der Waals surface area (Å²) in [6, 6.07) is 2.41. The number of hydrogen-bond donors (Lipinski definition) is 1. The van der Waals surface area contributed by atoms with Crippen LogP contribution in [0.15, 0.2) is 18.5 Å². The van der Waals surface area contributed by atoms with E-state index in [0.717, 1.165) is 48.6 Å². The lowest BCUT2D eigenvalue weighted by Crippen LogP contribution is -2.51. The van der Waals surface area contributed by atoms with Gasteiger partial charge in [-0.1, -0.05) is 19.9 Å². The van der Waals surface area contributed by atoms with Gasteiger partial charge < -0.3 is 25.2 Å². The van der Waals surface area contributed by atoms with Crippen LogP contribution in [0.1, 0.15) is 43.5 Å². The number of aromatic nitrogens is 5. The second kappa shape index (κ2) is 11.1. The summed E-state index contributed by atoms with van der Waals surface area (Å²) >= 11 is 0. The van der Waals surface area contributed by atoms with Crippen LogP contribution >= 0.6 is 0 Å². The number of ether oxygens (including phenoxy) is 1. The Balaban J connectivity index is 1.47. The summed E-state index contributed by atoms with van der Waals surface area (Å²) in [4.78, 5) is 31.9. The van der Waals surface area contributed by atoms with Crippen LogP contribution in [0.4, 0.5) is 11.6 Å². The molecule has 1 fully saturated rings. The molecule has 3 aromatic rings. The van der Waals surface area contributed by atoms with E-state index in [4.69, 9.17) is 15.5 Å². The number of rotatable bonds is 9. The number of piperazine rings is 1. The molecule has 194 valence electrons. The number of imidazole rings is 1. The van der Waals surface area contributed by atoms with Crippen LogP contribution in [0.25, 0.3) is 5.65 Å². The molecule has 36 heavy (non-hydrogen) atoms. The average molecular weight is 496 g/mol. The highest BCUT2D eigenvalue weighted by Crippen LogP contribution is 2.23. The van der Waals surface area contributed by atoms with E-state index in [1.807, 2.05) is 30.1 Å². The fourth-order valence-corrected chi connectivity index (χ4v) is 4.50. The minimum absolute atomic E-state index is 0.0428. The molecule has 1 aliphatic heterocycles. The first-order valence-electron chi connectivity index (χ1n) is 12.6. The van der Waals surface area contributed by atoms with Crippen LogP contribution in [-0.4, -0.2) is 93.2 Å². The van der Waals surface area contributed by atoms with Gasteiger partial charge in [-0.3, -0.25) is 4.79 Å². The smallest absolute Gasteiger partial charge is 0.336 e. The van der Waals surface area contributed by atoms with E-state index < -0.39 is 0 Å². The van der Waals surface area contributed by atoms with Crippen molar-refractivity contribution in [2.75, 3.05) is 57.5 Å². The monoisotopic (exact) mass is 495 g/mol. The molecule has 4 heterocycles. The third-order valence-electron chi connectivity index (χ3n) is 6.50. The summed E-state index contributed by atoms with van der Waals surface area (Å²) in [7, 11) is 3.83. The first-order chi connectivity index (χ1) is 17.3. The van der Waals surface area contributed by atoms with Crippen molar-refractivity contribution in [3.63, 3.8) is 0 Å². The van der Waals surface area contributed by atoms with Crippen LogP contribution in [-0.2, 0) is 11.2 Å². The molecule has 11 nitrogen and oxygen atoms in total. The zero-order valence-electron chi connectivity index (χ0n) is 21.9. The number of hydrogen-bond acceptors (Lipinski definition) is 9. The van der Waals surface area contributed by atoms with E-state index in [0.29, 0.717) is 37.5 Å². The Morgan fingerprint density at radius 2 is 1.86 bits per heavy atom. The van der Waals surface area contributed by atoms with Crippen LogP contribution < -0.4 is 15.4 Å². The van der Waals surface area contributed by atoms with Gasteiger partial charge in [0.1, 0.15) is 11.9 Å². The number of likely N-dealkylation sites (N-methyl/N-ethyl adjacent to an activating group) is 1.